The lowest BCUT2D eigenvalue weighted by Crippen LogP contribution is -2.55. The van der Waals surface area contributed by atoms with Crippen LogP contribution in [-0.4, -0.2) is 45.6 Å². The predicted octanol–water partition coefficient (Wildman–Crippen LogP) is 5.56. The van der Waals surface area contributed by atoms with Crippen LogP contribution < -0.4 is 10.6 Å². The van der Waals surface area contributed by atoms with Crippen LogP contribution in [0.5, 0.6) is 5.75 Å². The number of carbonyl (C=O) groups excluding carboxylic acids is 3. The van der Waals surface area contributed by atoms with Crippen molar-refractivity contribution in [1.82, 2.24) is 10.2 Å². The van der Waals surface area contributed by atoms with E-state index in [4.69, 9.17) is 4.74 Å². The second-order valence-corrected chi connectivity index (χ2v) is 11.3. The van der Waals surface area contributed by atoms with Gasteiger partial charge < -0.3 is 25.4 Å². The fourth-order valence-electron chi connectivity index (χ4n) is 4.50. The van der Waals surface area contributed by atoms with E-state index in [0.717, 1.165) is 5.56 Å². The van der Waals surface area contributed by atoms with Crippen molar-refractivity contribution < 1.29 is 24.2 Å². The van der Waals surface area contributed by atoms with E-state index in [9.17, 15) is 19.5 Å². The third-order valence-electron chi connectivity index (χ3n) is 6.99. The molecule has 1 saturated carbocycles. The van der Waals surface area contributed by atoms with Crippen LogP contribution in [0.4, 0.5) is 10.5 Å². The Morgan fingerprint density at radius 3 is 2.26 bits per heavy atom. The number of anilines is 1. The summed E-state index contributed by atoms with van der Waals surface area (Å²) in [6, 6.07) is 11.7. The second kappa shape index (κ2) is 11.9. The number of rotatable bonds is 9. The van der Waals surface area contributed by atoms with Gasteiger partial charge in [-0.25, -0.2) is 4.79 Å². The van der Waals surface area contributed by atoms with Gasteiger partial charge in [0.25, 0.3) is 5.91 Å². The van der Waals surface area contributed by atoms with Crippen molar-refractivity contribution in [2.45, 2.75) is 85.0 Å². The van der Waals surface area contributed by atoms with Crippen molar-refractivity contribution >= 4 is 23.6 Å². The molecule has 2 aromatic carbocycles. The summed E-state index contributed by atoms with van der Waals surface area (Å²) in [7, 11) is 0. The molecule has 3 N–H and O–H groups in total. The number of carbonyl (C=O) groups is 3. The number of para-hydroxylation sites is 2. The van der Waals surface area contributed by atoms with Crippen LogP contribution in [0.2, 0.25) is 0 Å². The molecule has 2 aromatic rings. The highest BCUT2D eigenvalue weighted by molar-refractivity contribution is 6.00. The molecule has 1 aliphatic rings. The molecular weight excluding hydrogens is 482 g/mol. The van der Waals surface area contributed by atoms with Crippen LogP contribution in [0.3, 0.4) is 0 Å². The summed E-state index contributed by atoms with van der Waals surface area (Å²) in [5, 5.41) is 16.5. The first-order valence-corrected chi connectivity index (χ1v) is 13.3. The molecule has 0 radical (unpaired) electrons. The molecule has 0 aliphatic heterocycles. The fourth-order valence-corrected chi connectivity index (χ4v) is 4.50. The molecule has 8 heteroatoms. The number of phenols is 1. The number of hydrogen-bond donors (Lipinski definition) is 3. The Labute approximate surface area is 225 Å². The second-order valence-electron chi connectivity index (χ2n) is 11.3. The molecule has 38 heavy (non-hydrogen) atoms. The van der Waals surface area contributed by atoms with E-state index in [2.05, 4.69) is 10.6 Å². The Hall–Kier alpha value is -3.55. The van der Waals surface area contributed by atoms with E-state index in [-0.39, 0.29) is 29.5 Å². The van der Waals surface area contributed by atoms with Crippen LogP contribution in [-0.2, 0) is 14.3 Å². The topological polar surface area (TPSA) is 108 Å². The Bertz CT molecular complexity index is 1160. The van der Waals surface area contributed by atoms with Gasteiger partial charge in [-0.3, -0.25) is 9.59 Å². The molecule has 206 valence electrons. The summed E-state index contributed by atoms with van der Waals surface area (Å²) in [4.78, 5) is 42.6. The first-order valence-electron chi connectivity index (χ1n) is 13.3. The van der Waals surface area contributed by atoms with Crippen LogP contribution in [0.25, 0.3) is 0 Å². The third kappa shape index (κ3) is 7.05. The maximum absolute atomic E-state index is 14.3. The lowest BCUT2D eigenvalue weighted by molar-refractivity contribution is -0.142. The quantitative estimate of drug-likeness (QED) is 0.399. The average Bonchev–Trinajstić information content (AvgIpc) is 3.56. The van der Waals surface area contributed by atoms with E-state index in [1.807, 2.05) is 45.9 Å². The molecule has 0 saturated heterocycles. The SMILES string of the molecule is CCC(C)C(NC(=O)OC(C)(C)C)C(=O)N(C(C(=O)Nc1ccccc1C)c1ccccc1O)C1CC1C. The van der Waals surface area contributed by atoms with Crippen LogP contribution in [0, 0.1) is 18.8 Å². The number of hydrogen-bond acceptors (Lipinski definition) is 5. The molecule has 3 rings (SSSR count). The minimum atomic E-state index is -1.11. The Morgan fingerprint density at radius 1 is 1.11 bits per heavy atom. The van der Waals surface area contributed by atoms with Crippen molar-refractivity contribution in [3.8, 4) is 5.75 Å². The zero-order chi connectivity index (χ0) is 28.2. The van der Waals surface area contributed by atoms with Crippen LogP contribution in [0.15, 0.2) is 48.5 Å². The normalized spacial score (nSPS) is 19.0. The average molecular weight is 524 g/mol. The molecule has 3 amide bonds. The maximum Gasteiger partial charge on any atom is 0.408 e. The number of benzene rings is 2. The van der Waals surface area contributed by atoms with Gasteiger partial charge in [0, 0.05) is 17.3 Å². The predicted molar refractivity (Wildman–Crippen MR) is 148 cm³/mol. The molecule has 0 bridgehead atoms. The van der Waals surface area contributed by atoms with Gasteiger partial charge in [0.2, 0.25) is 5.91 Å². The number of aryl methyl sites for hydroxylation is 1. The summed E-state index contributed by atoms with van der Waals surface area (Å²) in [6.07, 6.45) is 0.646. The Balaban J connectivity index is 2.06. The van der Waals surface area contributed by atoms with E-state index in [0.29, 0.717) is 24.1 Å². The molecule has 0 spiro atoms. The largest absolute Gasteiger partial charge is 0.508 e. The number of amides is 3. The molecule has 0 aromatic heterocycles. The van der Waals surface area contributed by atoms with Crippen molar-refractivity contribution in [3.63, 3.8) is 0 Å². The zero-order valence-electron chi connectivity index (χ0n) is 23.4. The number of aromatic hydroxyl groups is 1. The van der Waals surface area contributed by atoms with Crippen LogP contribution >= 0.6 is 0 Å². The van der Waals surface area contributed by atoms with Crippen molar-refractivity contribution in [3.05, 3.63) is 59.7 Å². The summed E-state index contributed by atoms with van der Waals surface area (Å²) in [6.45, 7) is 13.0. The van der Waals surface area contributed by atoms with Gasteiger partial charge in [-0.2, -0.15) is 0 Å². The van der Waals surface area contributed by atoms with Gasteiger partial charge in [0.1, 0.15) is 23.4 Å². The Kier molecular flexibility index (Phi) is 9.07. The van der Waals surface area contributed by atoms with E-state index in [1.54, 1.807) is 49.9 Å². The number of nitrogens with one attached hydrogen (secondary N) is 2. The van der Waals surface area contributed by atoms with Gasteiger partial charge in [-0.1, -0.05) is 63.6 Å². The van der Waals surface area contributed by atoms with E-state index < -0.39 is 29.7 Å². The smallest absolute Gasteiger partial charge is 0.408 e. The first kappa shape index (κ1) is 29.0. The molecule has 8 nitrogen and oxygen atoms in total. The van der Waals surface area contributed by atoms with Gasteiger partial charge in [-0.15, -0.1) is 0 Å². The van der Waals surface area contributed by atoms with E-state index >= 15 is 0 Å². The Morgan fingerprint density at radius 2 is 1.71 bits per heavy atom. The summed E-state index contributed by atoms with van der Waals surface area (Å²) >= 11 is 0. The van der Waals surface area contributed by atoms with Crippen molar-refractivity contribution in [2.24, 2.45) is 11.8 Å². The van der Waals surface area contributed by atoms with Gasteiger partial charge in [0.05, 0.1) is 0 Å². The van der Waals surface area contributed by atoms with Gasteiger partial charge >= 0.3 is 6.09 Å². The lowest BCUT2D eigenvalue weighted by atomic mass is 9.95. The highest BCUT2D eigenvalue weighted by Gasteiger charge is 2.49. The monoisotopic (exact) mass is 523 g/mol. The molecular formula is C30H41N3O5. The first-order chi connectivity index (χ1) is 17.8. The molecule has 5 unspecified atom stereocenters. The number of nitrogens with zero attached hydrogens (tertiary/aromatic N) is 1. The molecule has 1 fully saturated rings. The highest BCUT2D eigenvalue weighted by Crippen LogP contribution is 2.43. The zero-order valence-corrected chi connectivity index (χ0v) is 23.4. The standard InChI is InChI=1S/C30H41N3O5/c1-8-18(2)25(32-29(37)38-30(5,6)7)28(36)33(23-17-20(23)4)26(21-14-10-12-16-24(21)34)27(35)31-22-15-11-9-13-19(22)3/h9-16,18,20,23,25-26,34H,8,17H2,1-7H3,(H,31,35)(H,32,37). The van der Waals surface area contributed by atoms with E-state index in [1.165, 1.54) is 6.07 Å². The number of phenolic OH excluding ortho intramolecular Hbond substituents is 1. The maximum atomic E-state index is 14.3. The number of alkyl carbamates (subject to hydrolysis) is 1. The highest BCUT2D eigenvalue weighted by atomic mass is 16.6. The fraction of sp³-hybridized carbons (Fsp3) is 0.500. The van der Waals surface area contributed by atoms with Crippen molar-refractivity contribution in [1.29, 1.82) is 0 Å². The summed E-state index contributed by atoms with van der Waals surface area (Å²) in [5.41, 5.74) is 1.09. The summed E-state index contributed by atoms with van der Waals surface area (Å²) in [5.74, 6) is -0.960. The van der Waals surface area contributed by atoms with Gasteiger partial charge in [-0.05, 0) is 63.6 Å². The molecule has 0 heterocycles. The number of ether oxygens (including phenoxy) is 1. The lowest BCUT2D eigenvalue weighted by Gasteiger charge is -2.36. The molecule has 5 atom stereocenters. The van der Waals surface area contributed by atoms with Crippen molar-refractivity contribution in [2.75, 3.05) is 5.32 Å². The summed E-state index contributed by atoms with van der Waals surface area (Å²) < 4.78 is 5.45. The molecule has 1 aliphatic carbocycles. The minimum Gasteiger partial charge on any atom is -0.508 e. The van der Waals surface area contributed by atoms with Gasteiger partial charge in [0.15, 0.2) is 0 Å². The minimum absolute atomic E-state index is 0.0799. The van der Waals surface area contributed by atoms with Crippen LogP contribution in [0.1, 0.15) is 71.6 Å². The third-order valence-corrected chi connectivity index (χ3v) is 6.99.